The summed E-state index contributed by atoms with van der Waals surface area (Å²) in [7, 11) is 0. The third kappa shape index (κ3) is 1.69. The minimum Gasteiger partial charge on any atom is -0.508 e. The van der Waals surface area contributed by atoms with Gasteiger partial charge in [-0.25, -0.2) is 4.98 Å². The third-order valence-corrected chi connectivity index (χ3v) is 3.61. The maximum atomic E-state index is 9.41. The molecule has 0 bridgehead atoms. The summed E-state index contributed by atoms with van der Waals surface area (Å²) in [6, 6.07) is 8.94. The number of nitrogens with zero attached hydrogens (tertiary/aromatic N) is 3. The summed E-state index contributed by atoms with van der Waals surface area (Å²) < 4.78 is 0.975. The quantitative estimate of drug-likeness (QED) is 0.723. The molecule has 0 saturated carbocycles. The highest BCUT2D eigenvalue weighted by Gasteiger charge is 2.10. The topological polar surface area (TPSA) is 69.8 Å². The molecule has 18 heavy (non-hydrogen) atoms. The summed E-state index contributed by atoms with van der Waals surface area (Å²) in [5.74, 6) is 0.189. The van der Waals surface area contributed by atoms with E-state index in [1.54, 1.807) is 24.4 Å². The van der Waals surface area contributed by atoms with Crippen LogP contribution in [0.15, 0.2) is 36.7 Å². The number of pyridine rings is 1. The first-order valence-corrected chi connectivity index (χ1v) is 6.03. The molecule has 1 aromatic carbocycles. The van der Waals surface area contributed by atoms with Gasteiger partial charge < -0.3 is 5.11 Å². The van der Waals surface area contributed by atoms with Gasteiger partial charge in [0.05, 0.1) is 15.8 Å². The van der Waals surface area contributed by atoms with E-state index in [-0.39, 0.29) is 5.75 Å². The van der Waals surface area contributed by atoms with Crippen LogP contribution in [0.5, 0.6) is 5.75 Å². The van der Waals surface area contributed by atoms with Crippen molar-refractivity contribution in [2.24, 2.45) is 0 Å². The first-order valence-electron chi connectivity index (χ1n) is 5.22. The number of aromatic nitrogens is 2. The Kier molecular flexibility index (Phi) is 2.43. The van der Waals surface area contributed by atoms with E-state index in [4.69, 9.17) is 5.26 Å². The summed E-state index contributed by atoms with van der Waals surface area (Å²) in [4.78, 5) is 8.36. The van der Waals surface area contributed by atoms with E-state index in [0.717, 1.165) is 20.8 Å². The monoisotopic (exact) mass is 253 g/mol. The van der Waals surface area contributed by atoms with E-state index in [0.29, 0.717) is 5.56 Å². The molecule has 5 heteroatoms. The van der Waals surface area contributed by atoms with Gasteiger partial charge in [0.25, 0.3) is 0 Å². The Balaban J connectivity index is 2.23. The second kappa shape index (κ2) is 4.09. The molecule has 0 amide bonds. The van der Waals surface area contributed by atoms with Gasteiger partial charge in [-0.1, -0.05) is 0 Å². The molecule has 2 aromatic heterocycles. The van der Waals surface area contributed by atoms with Gasteiger partial charge in [-0.3, -0.25) is 4.98 Å². The number of nitriles is 1. The average molecular weight is 253 g/mol. The normalized spacial score (nSPS) is 10.4. The smallest absolute Gasteiger partial charge is 0.126 e. The van der Waals surface area contributed by atoms with Crippen molar-refractivity contribution in [2.45, 2.75) is 0 Å². The molecule has 3 aromatic rings. The third-order valence-electron chi connectivity index (χ3n) is 2.54. The molecule has 0 unspecified atom stereocenters. The van der Waals surface area contributed by atoms with Crippen molar-refractivity contribution in [2.75, 3.05) is 0 Å². The SMILES string of the molecule is N#Cc1cnccc1-c1nc2cc(O)ccc2s1. The lowest BCUT2D eigenvalue weighted by atomic mass is 10.2. The van der Waals surface area contributed by atoms with Crippen molar-refractivity contribution in [1.82, 2.24) is 9.97 Å². The Morgan fingerprint density at radius 3 is 3.00 bits per heavy atom. The van der Waals surface area contributed by atoms with E-state index in [1.165, 1.54) is 17.5 Å². The summed E-state index contributed by atoms with van der Waals surface area (Å²) in [6.45, 7) is 0. The second-order valence-electron chi connectivity index (χ2n) is 3.70. The molecule has 2 heterocycles. The van der Waals surface area contributed by atoms with Crippen molar-refractivity contribution in [3.05, 3.63) is 42.2 Å². The van der Waals surface area contributed by atoms with E-state index in [1.807, 2.05) is 6.07 Å². The van der Waals surface area contributed by atoms with Crippen LogP contribution in [0.25, 0.3) is 20.8 Å². The molecule has 1 N–H and O–H groups in total. The number of aromatic hydroxyl groups is 1. The van der Waals surface area contributed by atoms with Crippen molar-refractivity contribution >= 4 is 21.6 Å². The van der Waals surface area contributed by atoms with Crippen LogP contribution < -0.4 is 0 Å². The predicted octanol–water partition coefficient (Wildman–Crippen LogP) is 2.94. The van der Waals surface area contributed by atoms with Gasteiger partial charge >= 0.3 is 0 Å². The maximum Gasteiger partial charge on any atom is 0.126 e. The molecular formula is C13H7N3OS. The molecule has 0 saturated heterocycles. The Hall–Kier alpha value is -2.45. The van der Waals surface area contributed by atoms with Crippen LogP contribution in [0.2, 0.25) is 0 Å². The molecule has 86 valence electrons. The van der Waals surface area contributed by atoms with Crippen LogP contribution in [0.1, 0.15) is 5.56 Å². The first kappa shape index (κ1) is 10.7. The van der Waals surface area contributed by atoms with Crippen LogP contribution in [0.4, 0.5) is 0 Å². The number of fused-ring (bicyclic) bond motifs is 1. The van der Waals surface area contributed by atoms with Gasteiger partial charge in [-0.2, -0.15) is 5.26 Å². The van der Waals surface area contributed by atoms with Gasteiger partial charge in [0.15, 0.2) is 0 Å². The Bertz CT molecular complexity index is 773. The molecule has 0 spiro atoms. The zero-order chi connectivity index (χ0) is 12.5. The maximum absolute atomic E-state index is 9.41. The van der Waals surface area contributed by atoms with Crippen molar-refractivity contribution in [3.63, 3.8) is 0 Å². The fourth-order valence-corrected chi connectivity index (χ4v) is 2.69. The summed E-state index contributed by atoms with van der Waals surface area (Å²) >= 11 is 1.49. The number of thiazole rings is 1. The van der Waals surface area contributed by atoms with E-state index < -0.39 is 0 Å². The van der Waals surface area contributed by atoms with Crippen molar-refractivity contribution in [3.8, 4) is 22.4 Å². The number of phenolic OH excluding ortho intramolecular Hbond substituents is 1. The Morgan fingerprint density at radius 1 is 1.28 bits per heavy atom. The van der Waals surface area contributed by atoms with E-state index in [9.17, 15) is 5.11 Å². The van der Waals surface area contributed by atoms with Crippen LogP contribution in [0.3, 0.4) is 0 Å². The molecule has 4 nitrogen and oxygen atoms in total. The number of benzene rings is 1. The Morgan fingerprint density at radius 2 is 2.17 bits per heavy atom. The molecule has 3 rings (SSSR count). The van der Waals surface area contributed by atoms with Crippen LogP contribution in [-0.4, -0.2) is 15.1 Å². The van der Waals surface area contributed by atoms with Crippen LogP contribution in [0, 0.1) is 11.3 Å². The molecule has 0 atom stereocenters. The second-order valence-corrected chi connectivity index (χ2v) is 4.73. The summed E-state index contributed by atoms with van der Waals surface area (Å²) in [5.41, 5.74) is 2.00. The molecule has 0 fully saturated rings. The predicted molar refractivity (Wildman–Crippen MR) is 69.2 cm³/mol. The Labute approximate surface area is 107 Å². The average Bonchev–Trinajstić information content (AvgIpc) is 2.81. The van der Waals surface area contributed by atoms with E-state index >= 15 is 0 Å². The minimum atomic E-state index is 0.189. The molecule has 0 radical (unpaired) electrons. The standard InChI is InChI=1S/C13H7N3OS/c14-6-8-7-15-4-3-10(8)13-16-11-5-9(17)1-2-12(11)18-13/h1-5,7,17H. The summed E-state index contributed by atoms with van der Waals surface area (Å²) in [5, 5.41) is 19.2. The molecule has 0 aliphatic rings. The van der Waals surface area contributed by atoms with Gasteiger partial charge in [-0.05, 0) is 18.2 Å². The van der Waals surface area contributed by atoms with E-state index in [2.05, 4.69) is 16.0 Å². The van der Waals surface area contributed by atoms with Crippen LogP contribution in [-0.2, 0) is 0 Å². The van der Waals surface area contributed by atoms with Crippen LogP contribution >= 0.6 is 11.3 Å². The first-order chi connectivity index (χ1) is 8.78. The highest BCUT2D eigenvalue weighted by molar-refractivity contribution is 7.21. The molecular weight excluding hydrogens is 246 g/mol. The number of hydrogen-bond acceptors (Lipinski definition) is 5. The number of phenols is 1. The van der Waals surface area contributed by atoms with Gasteiger partial charge in [-0.15, -0.1) is 11.3 Å². The van der Waals surface area contributed by atoms with Gasteiger partial charge in [0.2, 0.25) is 0 Å². The van der Waals surface area contributed by atoms with Crippen molar-refractivity contribution < 1.29 is 5.11 Å². The number of hydrogen-bond donors (Lipinski definition) is 1. The zero-order valence-electron chi connectivity index (χ0n) is 9.16. The summed E-state index contributed by atoms with van der Waals surface area (Å²) in [6.07, 6.45) is 3.17. The zero-order valence-corrected chi connectivity index (χ0v) is 9.98. The lowest BCUT2D eigenvalue weighted by molar-refractivity contribution is 0.476. The fraction of sp³-hybridized carbons (Fsp3) is 0. The molecule has 0 aliphatic heterocycles. The number of rotatable bonds is 1. The van der Waals surface area contributed by atoms with Gasteiger partial charge in [0, 0.05) is 24.0 Å². The van der Waals surface area contributed by atoms with Gasteiger partial charge in [0.1, 0.15) is 16.8 Å². The molecule has 0 aliphatic carbocycles. The lowest BCUT2D eigenvalue weighted by Gasteiger charge is -1.96. The highest BCUT2D eigenvalue weighted by atomic mass is 32.1. The lowest BCUT2D eigenvalue weighted by Crippen LogP contribution is -1.84. The van der Waals surface area contributed by atoms with Crippen molar-refractivity contribution in [1.29, 1.82) is 5.26 Å². The minimum absolute atomic E-state index is 0.189. The highest BCUT2D eigenvalue weighted by Crippen LogP contribution is 2.32. The largest absolute Gasteiger partial charge is 0.508 e. The fourth-order valence-electron chi connectivity index (χ4n) is 1.70.